The van der Waals surface area contributed by atoms with Crippen LogP contribution in [0.15, 0.2) is 29.2 Å². The topological polar surface area (TPSA) is 74.7 Å². The van der Waals surface area contributed by atoms with Gasteiger partial charge >= 0.3 is 5.97 Å². The van der Waals surface area contributed by atoms with E-state index in [1.54, 1.807) is 24.3 Å². The molecular formula is C14H19NO4S. The van der Waals surface area contributed by atoms with Gasteiger partial charge in [-0.25, -0.2) is 8.42 Å². The maximum Gasteiger partial charge on any atom is 0.311 e. The summed E-state index contributed by atoms with van der Waals surface area (Å²) in [5.41, 5.74) is -0.170. The molecule has 0 saturated carbocycles. The number of sulfone groups is 1. The summed E-state index contributed by atoms with van der Waals surface area (Å²) in [4.78, 5) is 13.6. The first-order valence-corrected chi connectivity index (χ1v) is 8.47. The van der Waals surface area contributed by atoms with Gasteiger partial charge in [0, 0.05) is 19.3 Å². The number of carboxylic acid groups (broad SMARTS) is 1. The van der Waals surface area contributed by atoms with E-state index in [0.29, 0.717) is 31.6 Å². The van der Waals surface area contributed by atoms with Gasteiger partial charge in [0.15, 0.2) is 9.84 Å². The number of hydrogen-bond acceptors (Lipinski definition) is 4. The highest BCUT2D eigenvalue weighted by molar-refractivity contribution is 7.90. The predicted octanol–water partition coefficient (Wildman–Crippen LogP) is 1.78. The minimum atomic E-state index is -3.32. The average Bonchev–Trinajstić information content (AvgIpc) is 2.83. The largest absolute Gasteiger partial charge is 0.481 e. The van der Waals surface area contributed by atoms with E-state index in [4.69, 9.17) is 0 Å². The van der Waals surface area contributed by atoms with Gasteiger partial charge in [-0.15, -0.1) is 0 Å². The number of carboxylic acids is 1. The van der Waals surface area contributed by atoms with Crippen LogP contribution < -0.4 is 4.90 Å². The molecule has 1 aromatic rings. The number of benzene rings is 1. The molecule has 1 N–H and O–H groups in total. The Morgan fingerprint density at radius 2 is 2.05 bits per heavy atom. The van der Waals surface area contributed by atoms with E-state index in [9.17, 15) is 18.3 Å². The number of carbonyl (C=O) groups is 1. The van der Waals surface area contributed by atoms with E-state index >= 15 is 0 Å². The van der Waals surface area contributed by atoms with Gasteiger partial charge in [0.2, 0.25) is 0 Å². The minimum Gasteiger partial charge on any atom is -0.481 e. The second kappa shape index (κ2) is 5.09. The quantitative estimate of drug-likeness (QED) is 0.917. The van der Waals surface area contributed by atoms with Gasteiger partial charge in [0.05, 0.1) is 16.0 Å². The Balaban J connectivity index is 2.39. The zero-order valence-electron chi connectivity index (χ0n) is 11.7. The number of rotatable bonds is 4. The van der Waals surface area contributed by atoms with E-state index < -0.39 is 21.2 Å². The first-order chi connectivity index (χ1) is 9.30. The summed E-state index contributed by atoms with van der Waals surface area (Å²) in [6.07, 6.45) is 2.25. The monoisotopic (exact) mass is 297 g/mol. The fourth-order valence-electron chi connectivity index (χ4n) is 2.72. The molecule has 1 aliphatic rings. The number of hydrogen-bond donors (Lipinski definition) is 1. The predicted molar refractivity (Wildman–Crippen MR) is 76.7 cm³/mol. The van der Waals surface area contributed by atoms with Crippen molar-refractivity contribution in [3.8, 4) is 0 Å². The Morgan fingerprint density at radius 3 is 2.55 bits per heavy atom. The summed E-state index contributed by atoms with van der Waals surface area (Å²) in [6.45, 7) is 2.78. The minimum absolute atomic E-state index is 0.261. The van der Waals surface area contributed by atoms with E-state index in [0.717, 1.165) is 0 Å². The molecule has 5 nitrogen and oxygen atoms in total. The van der Waals surface area contributed by atoms with Crippen LogP contribution in [0.4, 0.5) is 5.69 Å². The van der Waals surface area contributed by atoms with Crippen LogP contribution in [-0.4, -0.2) is 38.8 Å². The summed E-state index contributed by atoms with van der Waals surface area (Å²) in [7, 11) is -3.32. The Hall–Kier alpha value is -1.56. The highest BCUT2D eigenvalue weighted by atomic mass is 32.2. The van der Waals surface area contributed by atoms with Gasteiger partial charge < -0.3 is 10.0 Å². The molecule has 1 heterocycles. The van der Waals surface area contributed by atoms with Crippen LogP contribution in [0.1, 0.15) is 19.8 Å². The molecule has 1 saturated heterocycles. The van der Waals surface area contributed by atoms with Crippen molar-refractivity contribution in [1.29, 1.82) is 0 Å². The van der Waals surface area contributed by atoms with Crippen LogP contribution >= 0.6 is 0 Å². The lowest BCUT2D eigenvalue weighted by Gasteiger charge is -2.25. The molecule has 1 unspecified atom stereocenters. The highest BCUT2D eigenvalue weighted by Gasteiger charge is 2.44. The van der Waals surface area contributed by atoms with Gasteiger partial charge in [-0.1, -0.05) is 19.1 Å². The molecule has 0 spiro atoms. The van der Waals surface area contributed by atoms with Crippen molar-refractivity contribution in [2.24, 2.45) is 5.41 Å². The smallest absolute Gasteiger partial charge is 0.311 e. The molecule has 2 rings (SSSR count). The number of anilines is 1. The summed E-state index contributed by atoms with van der Waals surface area (Å²) in [5, 5.41) is 9.41. The molecule has 1 aromatic carbocycles. The average molecular weight is 297 g/mol. The van der Waals surface area contributed by atoms with Gasteiger partial charge in [0.1, 0.15) is 0 Å². The van der Waals surface area contributed by atoms with E-state index in [1.807, 2.05) is 11.8 Å². The molecule has 0 amide bonds. The van der Waals surface area contributed by atoms with Crippen molar-refractivity contribution in [3.63, 3.8) is 0 Å². The van der Waals surface area contributed by atoms with Crippen LogP contribution in [0.25, 0.3) is 0 Å². The van der Waals surface area contributed by atoms with Gasteiger partial charge in [-0.05, 0) is 25.0 Å². The molecule has 20 heavy (non-hydrogen) atoms. The lowest BCUT2D eigenvalue weighted by atomic mass is 9.84. The molecule has 0 bridgehead atoms. The number of para-hydroxylation sites is 1. The molecule has 110 valence electrons. The Labute approximate surface area is 119 Å². The SMILES string of the molecule is CCC1(C(=O)O)CCN(c2ccccc2S(C)(=O)=O)C1. The number of aliphatic carboxylic acids is 1. The molecule has 0 aromatic heterocycles. The molecule has 6 heteroatoms. The third kappa shape index (κ3) is 2.52. The normalized spacial score (nSPS) is 23.0. The van der Waals surface area contributed by atoms with Gasteiger partial charge in [-0.3, -0.25) is 4.79 Å². The zero-order chi connectivity index (χ0) is 15.0. The molecule has 1 aliphatic heterocycles. The first kappa shape index (κ1) is 14.8. The van der Waals surface area contributed by atoms with Crippen LogP contribution in [-0.2, 0) is 14.6 Å². The molecular weight excluding hydrogens is 278 g/mol. The molecule has 0 radical (unpaired) electrons. The van der Waals surface area contributed by atoms with Crippen molar-refractivity contribution in [3.05, 3.63) is 24.3 Å². The van der Waals surface area contributed by atoms with E-state index in [-0.39, 0.29) is 4.90 Å². The van der Waals surface area contributed by atoms with Crippen LogP contribution in [0.2, 0.25) is 0 Å². The van der Waals surface area contributed by atoms with Crippen molar-refractivity contribution in [2.75, 3.05) is 24.2 Å². The standard InChI is InChI=1S/C14H19NO4S/c1-3-14(13(16)17)8-9-15(10-14)11-6-4-5-7-12(11)20(2,18)19/h4-7H,3,8-10H2,1-2H3,(H,16,17). The fraction of sp³-hybridized carbons (Fsp3) is 0.500. The molecule has 1 fully saturated rings. The fourth-order valence-corrected chi connectivity index (χ4v) is 3.63. The maximum atomic E-state index is 11.8. The third-order valence-electron chi connectivity index (χ3n) is 4.09. The van der Waals surface area contributed by atoms with E-state index in [1.165, 1.54) is 6.26 Å². The summed E-state index contributed by atoms with van der Waals surface area (Å²) in [6, 6.07) is 6.76. The Morgan fingerprint density at radius 1 is 1.40 bits per heavy atom. The Kier molecular flexibility index (Phi) is 3.77. The summed E-state index contributed by atoms with van der Waals surface area (Å²) in [5.74, 6) is -0.806. The first-order valence-electron chi connectivity index (χ1n) is 6.57. The number of nitrogens with zero attached hydrogens (tertiary/aromatic N) is 1. The third-order valence-corrected chi connectivity index (χ3v) is 5.23. The van der Waals surface area contributed by atoms with Crippen molar-refractivity contribution < 1.29 is 18.3 Å². The summed E-state index contributed by atoms with van der Waals surface area (Å²) < 4.78 is 23.7. The van der Waals surface area contributed by atoms with Gasteiger partial charge in [0.25, 0.3) is 0 Å². The lowest BCUT2D eigenvalue weighted by Crippen LogP contribution is -2.34. The van der Waals surface area contributed by atoms with Crippen LogP contribution in [0.3, 0.4) is 0 Å². The second-order valence-corrected chi connectivity index (χ2v) is 7.33. The molecule has 1 atom stereocenters. The maximum absolute atomic E-state index is 11.8. The molecule has 0 aliphatic carbocycles. The highest BCUT2D eigenvalue weighted by Crippen LogP contribution is 2.38. The van der Waals surface area contributed by atoms with Crippen LogP contribution in [0, 0.1) is 5.41 Å². The van der Waals surface area contributed by atoms with Crippen molar-refractivity contribution in [2.45, 2.75) is 24.7 Å². The summed E-state index contributed by atoms with van der Waals surface area (Å²) >= 11 is 0. The second-order valence-electron chi connectivity index (χ2n) is 5.35. The zero-order valence-corrected chi connectivity index (χ0v) is 12.5. The Bertz CT molecular complexity index is 626. The van der Waals surface area contributed by atoms with E-state index in [2.05, 4.69) is 0 Å². The lowest BCUT2D eigenvalue weighted by molar-refractivity contribution is -0.147. The van der Waals surface area contributed by atoms with Crippen molar-refractivity contribution in [1.82, 2.24) is 0 Å². The van der Waals surface area contributed by atoms with Crippen molar-refractivity contribution >= 4 is 21.5 Å². The van der Waals surface area contributed by atoms with Gasteiger partial charge in [-0.2, -0.15) is 0 Å². The van der Waals surface area contributed by atoms with Crippen LogP contribution in [0.5, 0.6) is 0 Å².